The van der Waals surface area contributed by atoms with Crippen molar-refractivity contribution in [3.05, 3.63) is 35.9 Å². The molecule has 1 aromatic carbocycles. The fourth-order valence-electron chi connectivity index (χ4n) is 1.58. The van der Waals surface area contributed by atoms with Gasteiger partial charge in [-0.25, -0.2) is 0 Å². The molecule has 3 heteroatoms. The number of ether oxygens (including phenoxy) is 1. The van der Waals surface area contributed by atoms with Crippen molar-refractivity contribution in [2.24, 2.45) is 5.92 Å². The number of cyclic esters (lactones) is 2. The maximum atomic E-state index is 11.1. The fraction of sp³-hybridized carbons (Fsp3) is 0.273. The van der Waals surface area contributed by atoms with Gasteiger partial charge in [-0.15, -0.1) is 0 Å². The minimum atomic E-state index is -0.407. The number of benzene rings is 1. The zero-order chi connectivity index (χ0) is 9.97. The molecule has 1 fully saturated rings. The van der Waals surface area contributed by atoms with E-state index in [4.69, 9.17) is 0 Å². The van der Waals surface area contributed by atoms with Gasteiger partial charge in [0.25, 0.3) is 0 Å². The van der Waals surface area contributed by atoms with Gasteiger partial charge >= 0.3 is 11.9 Å². The van der Waals surface area contributed by atoms with E-state index in [1.807, 2.05) is 30.3 Å². The Hall–Kier alpha value is -1.64. The summed E-state index contributed by atoms with van der Waals surface area (Å²) in [6.07, 6.45) is 0.805. The number of rotatable bonds is 2. The van der Waals surface area contributed by atoms with Crippen molar-refractivity contribution in [1.82, 2.24) is 0 Å². The molecule has 2 rings (SSSR count). The van der Waals surface area contributed by atoms with Crippen LogP contribution in [0.4, 0.5) is 0 Å². The molecule has 0 N–H and O–H groups in total. The monoisotopic (exact) mass is 190 g/mol. The molecule has 14 heavy (non-hydrogen) atoms. The molecule has 3 nitrogen and oxygen atoms in total. The van der Waals surface area contributed by atoms with Crippen LogP contribution in [0.2, 0.25) is 0 Å². The van der Waals surface area contributed by atoms with Crippen molar-refractivity contribution < 1.29 is 14.3 Å². The van der Waals surface area contributed by atoms with Crippen LogP contribution in [0.5, 0.6) is 0 Å². The highest BCUT2D eigenvalue weighted by Crippen LogP contribution is 2.20. The maximum absolute atomic E-state index is 11.1. The first-order valence-electron chi connectivity index (χ1n) is 4.54. The Morgan fingerprint density at radius 3 is 2.50 bits per heavy atom. The lowest BCUT2D eigenvalue weighted by molar-refractivity contribution is -0.153. The molecule has 1 aliphatic heterocycles. The Morgan fingerprint density at radius 1 is 1.21 bits per heavy atom. The van der Waals surface area contributed by atoms with Crippen LogP contribution in [0.25, 0.3) is 0 Å². The average Bonchev–Trinajstić information content (AvgIpc) is 2.47. The third-order valence-electron chi connectivity index (χ3n) is 2.29. The summed E-state index contributed by atoms with van der Waals surface area (Å²) in [5.41, 5.74) is 1.06. The number of hydrogen-bond donors (Lipinski definition) is 0. The van der Waals surface area contributed by atoms with Gasteiger partial charge in [0.2, 0.25) is 0 Å². The summed E-state index contributed by atoms with van der Waals surface area (Å²) in [5, 5.41) is 0. The molecule has 1 atom stereocenters. The van der Waals surface area contributed by atoms with E-state index < -0.39 is 5.97 Å². The van der Waals surface area contributed by atoms with Crippen molar-refractivity contribution in [3.8, 4) is 0 Å². The highest BCUT2D eigenvalue weighted by Gasteiger charge is 2.33. The third-order valence-corrected chi connectivity index (χ3v) is 2.29. The SMILES string of the molecule is O=C1C[C@H](Cc2ccccc2)C(=O)O1. The van der Waals surface area contributed by atoms with E-state index in [2.05, 4.69) is 4.74 Å². The van der Waals surface area contributed by atoms with E-state index in [1.54, 1.807) is 0 Å². The fourth-order valence-corrected chi connectivity index (χ4v) is 1.58. The van der Waals surface area contributed by atoms with Crippen LogP contribution >= 0.6 is 0 Å². The van der Waals surface area contributed by atoms with E-state index >= 15 is 0 Å². The van der Waals surface area contributed by atoms with Gasteiger partial charge in [0, 0.05) is 0 Å². The second kappa shape index (κ2) is 3.62. The van der Waals surface area contributed by atoms with Crippen LogP contribution in [0.1, 0.15) is 12.0 Å². The van der Waals surface area contributed by atoms with E-state index in [-0.39, 0.29) is 18.3 Å². The zero-order valence-corrected chi connectivity index (χ0v) is 7.60. The normalized spacial score (nSPS) is 21.0. The Bertz CT molecular complexity index is 356. The van der Waals surface area contributed by atoms with Crippen molar-refractivity contribution in [2.75, 3.05) is 0 Å². The smallest absolute Gasteiger partial charge is 0.317 e. The largest absolute Gasteiger partial charge is 0.393 e. The number of carbonyl (C=O) groups is 2. The Kier molecular flexibility index (Phi) is 2.31. The van der Waals surface area contributed by atoms with Gasteiger partial charge in [-0.1, -0.05) is 30.3 Å². The maximum Gasteiger partial charge on any atom is 0.317 e. The minimum absolute atomic E-state index is 0.216. The molecule has 1 heterocycles. The predicted molar refractivity (Wildman–Crippen MR) is 49.4 cm³/mol. The molecule has 0 saturated carbocycles. The van der Waals surface area contributed by atoms with E-state index in [0.29, 0.717) is 6.42 Å². The molecule has 0 bridgehead atoms. The van der Waals surface area contributed by atoms with Crippen LogP contribution in [0.15, 0.2) is 30.3 Å². The van der Waals surface area contributed by atoms with E-state index in [9.17, 15) is 9.59 Å². The van der Waals surface area contributed by atoms with Gasteiger partial charge in [0.1, 0.15) is 0 Å². The number of esters is 2. The minimum Gasteiger partial charge on any atom is -0.393 e. The molecule has 1 saturated heterocycles. The molecule has 1 aromatic rings. The second-order valence-corrected chi connectivity index (χ2v) is 3.38. The van der Waals surface area contributed by atoms with Gasteiger partial charge in [-0.2, -0.15) is 0 Å². The van der Waals surface area contributed by atoms with Crippen molar-refractivity contribution in [1.29, 1.82) is 0 Å². The lowest BCUT2D eigenvalue weighted by Gasteiger charge is -2.03. The van der Waals surface area contributed by atoms with Crippen molar-refractivity contribution >= 4 is 11.9 Å². The molecule has 0 aliphatic carbocycles. The molecule has 1 aliphatic rings. The quantitative estimate of drug-likeness (QED) is 0.521. The van der Waals surface area contributed by atoms with Gasteiger partial charge in [0.15, 0.2) is 0 Å². The Morgan fingerprint density at radius 2 is 1.93 bits per heavy atom. The van der Waals surface area contributed by atoms with Crippen LogP contribution < -0.4 is 0 Å². The number of hydrogen-bond acceptors (Lipinski definition) is 3. The molecular weight excluding hydrogens is 180 g/mol. The molecular formula is C11H10O3. The molecule has 0 unspecified atom stereocenters. The molecule has 0 spiro atoms. The zero-order valence-electron chi connectivity index (χ0n) is 7.60. The lowest BCUT2D eigenvalue weighted by atomic mass is 9.98. The lowest BCUT2D eigenvalue weighted by Crippen LogP contribution is -2.10. The van der Waals surface area contributed by atoms with Crippen molar-refractivity contribution in [2.45, 2.75) is 12.8 Å². The summed E-state index contributed by atoms with van der Waals surface area (Å²) in [5.74, 6) is -1.08. The first kappa shape index (κ1) is 8.94. The summed E-state index contributed by atoms with van der Waals surface area (Å²) in [6, 6.07) is 9.63. The van der Waals surface area contributed by atoms with Gasteiger partial charge in [-0.3, -0.25) is 9.59 Å². The first-order chi connectivity index (χ1) is 6.75. The summed E-state index contributed by atoms with van der Waals surface area (Å²) in [7, 11) is 0. The van der Waals surface area contributed by atoms with Crippen LogP contribution in [-0.2, 0) is 20.7 Å². The summed E-state index contributed by atoms with van der Waals surface area (Å²) >= 11 is 0. The van der Waals surface area contributed by atoms with Crippen molar-refractivity contribution in [3.63, 3.8) is 0 Å². The van der Waals surface area contributed by atoms with E-state index in [1.165, 1.54) is 0 Å². The van der Waals surface area contributed by atoms with Crippen LogP contribution in [0.3, 0.4) is 0 Å². The predicted octanol–water partition coefficient (Wildman–Crippen LogP) is 1.32. The highest BCUT2D eigenvalue weighted by molar-refractivity contribution is 5.94. The molecule has 0 aromatic heterocycles. The summed E-state index contributed by atoms with van der Waals surface area (Å²) in [4.78, 5) is 22.0. The summed E-state index contributed by atoms with van der Waals surface area (Å²) < 4.78 is 4.47. The molecule has 0 radical (unpaired) electrons. The van der Waals surface area contributed by atoms with Gasteiger partial charge in [0.05, 0.1) is 12.3 Å². The van der Waals surface area contributed by atoms with Gasteiger partial charge in [-0.05, 0) is 12.0 Å². The van der Waals surface area contributed by atoms with Crippen LogP contribution in [0, 0.1) is 5.92 Å². The molecule has 72 valence electrons. The highest BCUT2D eigenvalue weighted by atomic mass is 16.6. The molecule has 0 amide bonds. The first-order valence-corrected chi connectivity index (χ1v) is 4.54. The van der Waals surface area contributed by atoms with Gasteiger partial charge < -0.3 is 4.74 Å². The second-order valence-electron chi connectivity index (χ2n) is 3.38. The summed E-state index contributed by atoms with van der Waals surface area (Å²) in [6.45, 7) is 0. The standard InChI is InChI=1S/C11H10O3/c12-10-7-9(11(13)14-10)6-8-4-2-1-3-5-8/h1-5,9H,6-7H2/t9-/m0/s1. The van der Waals surface area contributed by atoms with Crippen LogP contribution in [-0.4, -0.2) is 11.9 Å². The average molecular weight is 190 g/mol. The topological polar surface area (TPSA) is 43.4 Å². The number of carbonyl (C=O) groups excluding carboxylic acids is 2. The third kappa shape index (κ3) is 1.82. The Balaban J connectivity index is 2.05. The Labute approximate surface area is 81.7 Å². The van der Waals surface area contributed by atoms with E-state index in [0.717, 1.165) is 5.56 Å².